The van der Waals surface area contributed by atoms with Crippen molar-refractivity contribution in [2.75, 3.05) is 7.11 Å². The number of allylic oxidation sites excluding steroid dienone is 4. The van der Waals surface area contributed by atoms with Crippen LogP contribution in [0.3, 0.4) is 0 Å². The number of rotatable bonds is 3. The molecule has 132 valence electrons. The highest BCUT2D eigenvalue weighted by Gasteiger charge is 2.38. The molecule has 2 aliphatic rings. The number of nitrogens with zero attached hydrogens (tertiary/aromatic N) is 1. The summed E-state index contributed by atoms with van der Waals surface area (Å²) in [5.74, 6) is -1.33. The second kappa shape index (κ2) is 7.00. The lowest BCUT2D eigenvalue weighted by molar-refractivity contribution is -0.141. The lowest BCUT2D eigenvalue weighted by Gasteiger charge is -2.35. The highest BCUT2D eigenvalue weighted by atomic mass is 35.5. The number of esters is 1. The van der Waals surface area contributed by atoms with Gasteiger partial charge < -0.3 is 10.5 Å². The molecule has 1 heterocycles. The van der Waals surface area contributed by atoms with Crippen molar-refractivity contribution < 1.29 is 13.9 Å². The Morgan fingerprint density at radius 2 is 2.12 bits per heavy atom. The Morgan fingerprint density at radius 3 is 2.84 bits per heavy atom. The number of nitrogens with two attached hydrogens (primary N) is 1. The number of halogens is 2. The van der Waals surface area contributed by atoms with Crippen molar-refractivity contribution >= 4 is 29.0 Å². The van der Waals surface area contributed by atoms with Crippen LogP contribution in [0.15, 0.2) is 51.4 Å². The molecule has 1 aliphatic carbocycles. The Bertz CT molecular complexity index is 813. The molecule has 2 unspecified atom stereocenters. The Kier molecular flexibility index (Phi) is 4.95. The number of fused-ring (bicyclic) bond motifs is 1. The van der Waals surface area contributed by atoms with E-state index in [0.29, 0.717) is 12.8 Å². The molecular weight excluding hydrogens is 343 g/mol. The topological polar surface area (TPSA) is 64.7 Å². The number of carbonyl (C=O) groups is 1. The van der Waals surface area contributed by atoms with Gasteiger partial charge in [-0.05, 0) is 37.0 Å². The van der Waals surface area contributed by atoms with Crippen LogP contribution < -0.4 is 5.73 Å². The molecular formula is C19H20ClFN2O2. The summed E-state index contributed by atoms with van der Waals surface area (Å²) in [5, 5.41) is 0.0631. The number of benzene rings is 1. The van der Waals surface area contributed by atoms with Crippen molar-refractivity contribution in [2.45, 2.75) is 32.1 Å². The van der Waals surface area contributed by atoms with E-state index in [1.807, 2.05) is 31.2 Å². The van der Waals surface area contributed by atoms with Crippen LogP contribution in [0.1, 0.15) is 37.7 Å². The first-order chi connectivity index (χ1) is 11.9. The Labute approximate surface area is 151 Å². The van der Waals surface area contributed by atoms with Crippen molar-refractivity contribution in [2.24, 2.45) is 16.6 Å². The molecule has 25 heavy (non-hydrogen) atoms. The molecule has 0 spiro atoms. The second-order valence-corrected chi connectivity index (χ2v) is 6.73. The van der Waals surface area contributed by atoms with Gasteiger partial charge in [-0.15, -0.1) is 0 Å². The van der Waals surface area contributed by atoms with Crippen LogP contribution in [0.2, 0.25) is 0 Å². The summed E-state index contributed by atoms with van der Waals surface area (Å²) >= 11 is 6.32. The Balaban J connectivity index is 2.15. The quantitative estimate of drug-likeness (QED) is 0.806. The van der Waals surface area contributed by atoms with Gasteiger partial charge in [-0.2, -0.15) is 0 Å². The first-order valence-electron chi connectivity index (χ1n) is 8.18. The molecule has 2 N–H and O–H groups in total. The van der Waals surface area contributed by atoms with Gasteiger partial charge in [-0.25, -0.2) is 4.39 Å². The normalized spacial score (nSPS) is 23.3. The minimum atomic E-state index is -0.558. The molecule has 6 heteroatoms. The van der Waals surface area contributed by atoms with Crippen molar-refractivity contribution in [1.29, 1.82) is 0 Å². The third kappa shape index (κ3) is 3.21. The fourth-order valence-corrected chi connectivity index (χ4v) is 3.94. The first-order valence-corrected chi connectivity index (χ1v) is 8.55. The Morgan fingerprint density at radius 1 is 1.40 bits per heavy atom. The largest absolute Gasteiger partial charge is 0.469 e. The number of aliphatic imine (C=N–C) groups is 1. The summed E-state index contributed by atoms with van der Waals surface area (Å²) in [6, 6.07) is 7.69. The monoisotopic (exact) mass is 362 g/mol. The van der Waals surface area contributed by atoms with Gasteiger partial charge in [0, 0.05) is 23.2 Å². The number of carbonyl (C=O) groups excluding carboxylic acids is 1. The summed E-state index contributed by atoms with van der Waals surface area (Å²) in [4.78, 5) is 16.6. The molecule has 0 saturated carbocycles. The molecule has 1 aromatic carbocycles. The summed E-state index contributed by atoms with van der Waals surface area (Å²) in [7, 11) is 1.36. The van der Waals surface area contributed by atoms with Crippen molar-refractivity contribution in [3.63, 3.8) is 0 Å². The van der Waals surface area contributed by atoms with E-state index in [1.165, 1.54) is 7.11 Å². The molecule has 2 atom stereocenters. The molecule has 0 bridgehead atoms. The van der Waals surface area contributed by atoms with Crippen LogP contribution in [-0.4, -0.2) is 18.8 Å². The van der Waals surface area contributed by atoms with Gasteiger partial charge in [-0.1, -0.05) is 29.8 Å². The maximum absolute atomic E-state index is 14.3. The zero-order valence-corrected chi connectivity index (χ0v) is 14.9. The predicted molar refractivity (Wildman–Crippen MR) is 96.5 cm³/mol. The average Bonchev–Trinajstić information content (AvgIpc) is 2.61. The molecule has 0 amide bonds. The van der Waals surface area contributed by atoms with Gasteiger partial charge in [0.1, 0.15) is 0 Å². The SMILES string of the molecule is COC(=O)CC1C(C)=Nc2ccccc2C1C1=C(Cl)C(F)=C(N)CC1. The van der Waals surface area contributed by atoms with Crippen LogP contribution in [0.4, 0.5) is 10.1 Å². The van der Waals surface area contributed by atoms with E-state index in [1.54, 1.807) is 0 Å². The van der Waals surface area contributed by atoms with E-state index in [-0.39, 0.29) is 35.0 Å². The summed E-state index contributed by atoms with van der Waals surface area (Å²) in [6.07, 6.45) is 1.14. The van der Waals surface area contributed by atoms with E-state index < -0.39 is 5.83 Å². The van der Waals surface area contributed by atoms with E-state index in [0.717, 1.165) is 22.5 Å². The van der Waals surface area contributed by atoms with Crippen LogP contribution in [0, 0.1) is 5.92 Å². The van der Waals surface area contributed by atoms with E-state index in [4.69, 9.17) is 22.1 Å². The number of hydrogen-bond acceptors (Lipinski definition) is 4. The molecule has 0 saturated heterocycles. The number of para-hydroxylation sites is 1. The minimum absolute atomic E-state index is 0.0631. The molecule has 4 nitrogen and oxygen atoms in total. The van der Waals surface area contributed by atoms with Gasteiger partial charge in [0.15, 0.2) is 5.83 Å². The van der Waals surface area contributed by atoms with Gasteiger partial charge >= 0.3 is 5.97 Å². The smallest absolute Gasteiger partial charge is 0.306 e. The maximum Gasteiger partial charge on any atom is 0.306 e. The molecule has 0 aromatic heterocycles. The standard InChI is InChI=1S/C19H20ClFN2O2/c1-10-13(9-16(24)25-2)17(11-5-3-4-6-15(11)23-10)12-7-8-14(22)19(21)18(12)20/h3-6,13,17H,7-9,22H2,1-2H3. The van der Waals surface area contributed by atoms with Crippen LogP contribution in [-0.2, 0) is 9.53 Å². The van der Waals surface area contributed by atoms with Crippen LogP contribution in [0.25, 0.3) is 0 Å². The van der Waals surface area contributed by atoms with Crippen molar-refractivity contribution in [3.05, 3.63) is 52.0 Å². The Hall–Kier alpha value is -2.14. The summed E-state index contributed by atoms with van der Waals surface area (Å²) in [6.45, 7) is 1.88. The molecule has 0 fully saturated rings. The first kappa shape index (κ1) is 17.7. The zero-order chi connectivity index (χ0) is 18.1. The molecule has 0 radical (unpaired) electrons. The third-order valence-electron chi connectivity index (χ3n) is 4.92. The average molecular weight is 363 g/mol. The fourth-order valence-electron chi connectivity index (χ4n) is 3.60. The number of hydrogen-bond donors (Lipinski definition) is 1. The van der Waals surface area contributed by atoms with Gasteiger partial charge in [0.2, 0.25) is 0 Å². The maximum atomic E-state index is 14.3. The van der Waals surface area contributed by atoms with E-state index in [9.17, 15) is 9.18 Å². The highest BCUT2D eigenvalue weighted by Crippen LogP contribution is 2.49. The minimum Gasteiger partial charge on any atom is -0.469 e. The fraction of sp³-hybridized carbons (Fsp3) is 0.368. The number of methoxy groups -OCH3 is 1. The lowest BCUT2D eigenvalue weighted by atomic mass is 9.72. The second-order valence-electron chi connectivity index (χ2n) is 6.35. The number of ether oxygens (including phenoxy) is 1. The van der Waals surface area contributed by atoms with E-state index in [2.05, 4.69) is 4.99 Å². The summed E-state index contributed by atoms with van der Waals surface area (Å²) < 4.78 is 19.2. The predicted octanol–water partition coefficient (Wildman–Crippen LogP) is 4.48. The summed E-state index contributed by atoms with van der Waals surface area (Å²) in [5.41, 5.74) is 9.24. The molecule has 3 rings (SSSR count). The van der Waals surface area contributed by atoms with Gasteiger partial charge in [-0.3, -0.25) is 9.79 Å². The van der Waals surface area contributed by atoms with Gasteiger partial charge in [0.05, 0.1) is 24.3 Å². The van der Waals surface area contributed by atoms with Crippen molar-refractivity contribution in [1.82, 2.24) is 0 Å². The molecule has 1 aliphatic heterocycles. The van der Waals surface area contributed by atoms with Gasteiger partial charge in [0.25, 0.3) is 0 Å². The van der Waals surface area contributed by atoms with Crippen LogP contribution >= 0.6 is 11.6 Å². The highest BCUT2D eigenvalue weighted by molar-refractivity contribution is 6.32. The zero-order valence-electron chi connectivity index (χ0n) is 14.2. The third-order valence-corrected chi connectivity index (χ3v) is 5.33. The van der Waals surface area contributed by atoms with Crippen LogP contribution in [0.5, 0.6) is 0 Å². The van der Waals surface area contributed by atoms with Crippen molar-refractivity contribution in [3.8, 4) is 0 Å². The molecule has 1 aromatic rings. The van der Waals surface area contributed by atoms with E-state index >= 15 is 0 Å². The lowest BCUT2D eigenvalue weighted by Crippen LogP contribution is -2.29.